The van der Waals surface area contributed by atoms with Gasteiger partial charge in [0.05, 0.1) is 25.5 Å². The Morgan fingerprint density at radius 1 is 1.20 bits per heavy atom. The number of nitrogens with zero attached hydrogens (tertiary/aromatic N) is 4. The molecule has 132 valence electrons. The Labute approximate surface area is 149 Å². The lowest BCUT2D eigenvalue weighted by Gasteiger charge is -2.38. The Morgan fingerprint density at radius 3 is 2.84 bits per heavy atom. The van der Waals surface area contributed by atoms with Crippen molar-refractivity contribution in [1.29, 1.82) is 0 Å². The summed E-state index contributed by atoms with van der Waals surface area (Å²) >= 11 is 0. The molecule has 0 aromatic carbocycles. The molecule has 0 spiro atoms. The number of imidazole rings is 1. The van der Waals surface area contributed by atoms with E-state index in [1.54, 1.807) is 0 Å². The molecule has 25 heavy (non-hydrogen) atoms. The van der Waals surface area contributed by atoms with E-state index in [-0.39, 0.29) is 5.41 Å². The normalized spacial score (nSPS) is 22.4. The first kappa shape index (κ1) is 16.3. The van der Waals surface area contributed by atoms with Gasteiger partial charge in [0, 0.05) is 36.9 Å². The lowest BCUT2D eigenvalue weighted by molar-refractivity contribution is 0.0491. The predicted octanol–water partition coefficient (Wildman–Crippen LogP) is 3.31. The summed E-state index contributed by atoms with van der Waals surface area (Å²) < 4.78 is 7.54. The van der Waals surface area contributed by atoms with Crippen LogP contribution in [0.1, 0.15) is 32.4 Å². The van der Waals surface area contributed by atoms with Gasteiger partial charge in [-0.15, -0.1) is 0 Å². The van der Waals surface area contributed by atoms with Crippen LogP contribution < -0.4 is 0 Å². The van der Waals surface area contributed by atoms with Crippen LogP contribution in [0.15, 0.2) is 47.4 Å². The molecule has 0 atom stereocenters. The van der Waals surface area contributed by atoms with Crippen LogP contribution in [-0.4, -0.2) is 46.3 Å². The smallest absolute Gasteiger partial charge is 0.137 e. The second-order valence-electron chi connectivity index (χ2n) is 7.76. The molecule has 3 heterocycles. The zero-order chi connectivity index (χ0) is 17.3. The Kier molecular flexibility index (Phi) is 4.34. The minimum atomic E-state index is 0.250. The number of hydrogen-bond donors (Lipinski definition) is 0. The second-order valence-corrected chi connectivity index (χ2v) is 7.76. The molecule has 1 fully saturated rings. The SMILES string of the molecule is CC1(C)CC(N2CCOCC2)=CC(=NCc2cn3ccccc3n2)C1. The molecule has 0 unspecified atom stereocenters. The van der Waals surface area contributed by atoms with Crippen LogP contribution in [0.25, 0.3) is 5.65 Å². The summed E-state index contributed by atoms with van der Waals surface area (Å²) in [5.74, 6) is 0. The van der Waals surface area contributed by atoms with Gasteiger partial charge in [-0.2, -0.15) is 0 Å². The average Bonchev–Trinajstić information content (AvgIpc) is 3.02. The number of ether oxygens (including phenoxy) is 1. The molecule has 0 N–H and O–H groups in total. The third kappa shape index (κ3) is 3.76. The molecule has 0 radical (unpaired) electrons. The molecule has 2 aliphatic rings. The maximum absolute atomic E-state index is 5.49. The lowest BCUT2D eigenvalue weighted by atomic mass is 9.78. The first-order valence-electron chi connectivity index (χ1n) is 9.08. The van der Waals surface area contributed by atoms with Crippen LogP contribution in [0.2, 0.25) is 0 Å². The summed E-state index contributed by atoms with van der Waals surface area (Å²) in [4.78, 5) is 12.0. The summed E-state index contributed by atoms with van der Waals surface area (Å²) in [5, 5.41) is 0. The largest absolute Gasteiger partial charge is 0.378 e. The standard InChI is InChI=1S/C20H26N4O/c1-20(2)12-16(11-18(13-20)23-7-9-25-10-8-23)21-14-17-15-24-6-4-3-5-19(24)22-17/h3-6,11,15H,7-10,12-14H2,1-2H3. The third-order valence-electron chi connectivity index (χ3n) is 4.93. The van der Waals surface area contributed by atoms with Gasteiger partial charge in [-0.25, -0.2) is 4.98 Å². The van der Waals surface area contributed by atoms with Crippen molar-refractivity contribution < 1.29 is 4.74 Å². The number of fused-ring (bicyclic) bond motifs is 1. The Hall–Kier alpha value is -2.14. The zero-order valence-electron chi connectivity index (χ0n) is 15.1. The number of hydrogen-bond acceptors (Lipinski definition) is 4. The van der Waals surface area contributed by atoms with Crippen molar-refractivity contribution in [1.82, 2.24) is 14.3 Å². The summed E-state index contributed by atoms with van der Waals surface area (Å²) in [6.45, 7) is 8.93. The first-order chi connectivity index (χ1) is 12.1. The quantitative estimate of drug-likeness (QED) is 0.862. The van der Waals surface area contributed by atoms with E-state index >= 15 is 0 Å². The number of aliphatic imine (C=N–C) groups is 1. The molecule has 2 aromatic rings. The Balaban J connectivity index is 1.55. The fourth-order valence-corrected chi connectivity index (χ4v) is 3.74. The van der Waals surface area contributed by atoms with Crippen LogP contribution in [-0.2, 0) is 11.3 Å². The van der Waals surface area contributed by atoms with Crippen molar-refractivity contribution in [2.45, 2.75) is 33.2 Å². The van der Waals surface area contributed by atoms with Crippen molar-refractivity contribution in [3.63, 3.8) is 0 Å². The van der Waals surface area contributed by atoms with E-state index in [1.807, 2.05) is 24.4 Å². The average molecular weight is 338 g/mol. The van der Waals surface area contributed by atoms with Gasteiger partial charge in [-0.1, -0.05) is 19.9 Å². The van der Waals surface area contributed by atoms with E-state index in [9.17, 15) is 0 Å². The van der Waals surface area contributed by atoms with Crippen molar-refractivity contribution in [3.8, 4) is 0 Å². The summed E-state index contributed by atoms with van der Waals surface area (Å²) in [6.07, 6.45) is 8.53. The van der Waals surface area contributed by atoms with Crippen LogP contribution >= 0.6 is 0 Å². The van der Waals surface area contributed by atoms with Gasteiger partial charge in [-0.3, -0.25) is 4.99 Å². The minimum Gasteiger partial charge on any atom is -0.378 e. The molecule has 0 saturated carbocycles. The maximum atomic E-state index is 5.49. The number of aromatic nitrogens is 2. The van der Waals surface area contributed by atoms with E-state index in [1.165, 1.54) is 11.4 Å². The fraction of sp³-hybridized carbons (Fsp3) is 0.500. The summed E-state index contributed by atoms with van der Waals surface area (Å²) in [5.41, 5.74) is 4.85. The Bertz CT molecular complexity index is 779. The van der Waals surface area contributed by atoms with Crippen molar-refractivity contribution in [2.24, 2.45) is 10.4 Å². The molecule has 1 aliphatic carbocycles. The lowest BCUT2D eigenvalue weighted by Crippen LogP contribution is -2.39. The van der Waals surface area contributed by atoms with Crippen molar-refractivity contribution in [2.75, 3.05) is 26.3 Å². The number of pyridine rings is 1. The molecule has 4 rings (SSSR count). The number of rotatable bonds is 3. The van der Waals surface area contributed by atoms with E-state index in [0.717, 1.165) is 50.5 Å². The van der Waals surface area contributed by atoms with Gasteiger partial charge >= 0.3 is 0 Å². The molecular weight excluding hydrogens is 312 g/mol. The van der Waals surface area contributed by atoms with Crippen molar-refractivity contribution >= 4 is 11.4 Å². The predicted molar refractivity (Wildman–Crippen MR) is 99.8 cm³/mol. The highest BCUT2D eigenvalue weighted by Crippen LogP contribution is 2.35. The highest BCUT2D eigenvalue weighted by molar-refractivity contribution is 5.96. The van der Waals surface area contributed by atoms with Crippen LogP contribution in [0.4, 0.5) is 0 Å². The number of morpholine rings is 1. The van der Waals surface area contributed by atoms with E-state index < -0.39 is 0 Å². The zero-order valence-corrected chi connectivity index (χ0v) is 15.1. The fourth-order valence-electron chi connectivity index (χ4n) is 3.74. The highest BCUT2D eigenvalue weighted by atomic mass is 16.5. The second kappa shape index (κ2) is 6.64. The molecule has 2 aromatic heterocycles. The van der Waals surface area contributed by atoms with E-state index in [2.05, 4.69) is 40.4 Å². The van der Waals surface area contributed by atoms with Gasteiger partial charge in [0.1, 0.15) is 5.65 Å². The molecule has 1 aliphatic heterocycles. The Morgan fingerprint density at radius 2 is 2.04 bits per heavy atom. The van der Waals surface area contributed by atoms with Gasteiger partial charge in [0.25, 0.3) is 0 Å². The van der Waals surface area contributed by atoms with E-state index in [0.29, 0.717) is 6.54 Å². The van der Waals surface area contributed by atoms with E-state index in [4.69, 9.17) is 9.73 Å². The molecule has 5 heteroatoms. The third-order valence-corrected chi connectivity index (χ3v) is 4.93. The van der Waals surface area contributed by atoms with Crippen LogP contribution in [0, 0.1) is 5.41 Å². The van der Waals surface area contributed by atoms with Gasteiger partial charge < -0.3 is 14.0 Å². The molecule has 0 amide bonds. The van der Waals surface area contributed by atoms with Gasteiger partial charge in [0.2, 0.25) is 0 Å². The highest BCUT2D eigenvalue weighted by Gasteiger charge is 2.29. The van der Waals surface area contributed by atoms with Crippen molar-refractivity contribution in [3.05, 3.63) is 48.1 Å². The topological polar surface area (TPSA) is 42.1 Å². The van der Waals surface area contributed by atoms with Gasteiger partial charge in [0.15, 0.2) is 0 Å². The van der Waals surface area contributed by atoms with Gasteiger partial charge in [-0.05, 0) is 36.5 Å². The molecular formula is C20H26N4O. The molecule has 1 saturated heterocycles. The monoisotopic (exact) mass is 338 g/mol. The number of allylic oxidation sites excluding steroid dienone is 2. The van der Waals surface area contributed by atoms with Crippen LogP contribution in [0.3, 0.4) is 0 Å². The molecule has 5 nitrogen and oxygen atoms in total. The summed E-state index contributed by atoms with van der Waals surface area (Å²) in [6, 6.07) is 6.06. The molecule has 0 bridgehead atoms. The minimum absolute atomic E-state index is 0.250. The maximum Gasteiger partial charge on any atom is 0.137 e. The van der Waals surface area contributed by atoms with Crippen LogP contribution in [0.5, 0.6) is 0 Å². The first-order valence-corrected chi connectivity index (χ1v) is 9.08. The summed E-state index contributed by atoms with van der Waals surface area (Å²) in [7, 11) is 0.